The van der Waals surface area contributed by atoms with Crippen LogP contribution in [0, 0.1) is 6.92 Å². The highest BCUT2D eigenvalue weighted by Gasteiger charge is 2.26. The van der Waals surface area contributed by atoms with Gasteiger partial charge in [-0.2, -0.15) is 0 Å². The fraction of sp³-hybridized carbons (Fsp3) is 0.500. The van der Waals surface area contributed by atoms with Gasteiger partial charge in [-0.15, -0.1) is 0 Å². The molecule has 1 aliphatic heterocycles. The largest absolute Gasteiger partial charge is 0.397 e. The summed E-state index contributed by atoms with van der Waals surface area (Å²) >= 11 is 0. The third-order valence-electron chi connectivity index (χ3n) is 3.64. The van der Waals surface area contributed by atoms with Crippen molar-refractivity contribution in [3.05, 3.63) is 23.8 Å². The first kappa shape index (κ1) is 14.8. The summed E-state index contributed by atoms with van der Waals surface area (Å²) in [6.07, 6.45) is 2.98. The van der Waals surface area contributed by atoms with Crippen LogP contribution in [0.3, 0.4) is 0 Å². The molecule has 0 spiro atoms. The van der Waals surface area contributed by atoms with Crippen LogP contribution in [-0.2, 0) is 14.6 Å². The van der Waals surface area contributed by atoms with Crippen LogP contribution in [0.15, 0.2) is 23.1 Å². The number of likely N-dealkylation sites (tertiary alicyclic amines) is 1. The monoisotopic (exact) mass is 296 g/mol. The van der Waals surface area contributed by atoms with E-state index in [2.05, 4.69) is 0 Å². The third kappa shape index (κ3) is 3.12. The van der Waals surface area contributed by atoms with E-state index >= 15 is 0 Å². The number of aryl methyl sites for hydroxylation is 1. The number of nitrogens with zero attached hydrogens (tertiary/aromatic N) is 1. The summed E-state index contributed by atoms with van der Waals surface area (Å²) in [4.78, 5) is 13.8. The Balaban J connectivity index is 2.18. The molecule has 0 bridgehead atoms. The van der Waals surface area contributed by atoms with Gasteiger partial charge in [0.25, 0.3) is 0 Å². The van der Waals surface area contributed by atoms with Crippen molar-refractivity contribution in [3.63, 3.8) is 0 Å². The van der Waals surface area contributed by atoms with Crippen molar-refractivity contribution in [2.45, 2.75) is 31.1 Å². The predicted molar refractivity (Wildman–Crippen MR) is 78.1 cm³/mol. The summed E-state index contributed by atoms with van der Waals surface area (Å²) in [5.74, 6) is -0.827. The van der Waals surface area contributed by atoms with Crippen molar-refractivity contribution in [2.75, 3.05) is 24.6 Å². The van der Waals surface area contributed by atoms with Crippen molar-refractivity contribution >= 4 is 21.4 Å². The fourth-order valence-electron chi connectivity index (χ4n) is 2.40. The van der Waals surface area contributed by atoms with Crippen LogP contribution in [0.1, 0.15) is 24.8 Å². The lowest BCUT2D eigenvalue weighted by atomic mass is 10.1. The second kappa shape index (κ2) is 5.83. The minimum absolute atomic E-state index is 0.0582. The van der Waals surface area contributed by atoms with Gasteiger partial charge in [0.2, 0.25) is 5.91 Å². The SMILES string of the molecule is Cc1cccc(S(=O)(=O)CC(=O)N2CCCCC2)c1N. The third-order valence-corrected chi connectivity index (χ3v) is 5.29. The summed E-state index contributed by atoms with van der Waals surface area (Å²) in [7, 11) is -3.68. The van der Waals surface area contributed by atoms with Gasteiger partial charge in [0.05, 0.1) is 10.6 Å². The maximum absolute atomic E-state index is 12.3. The van der Waals surface area contributed by atoms with Crippen LogP contribution in [0.5, 0.6) is 0 Å². The molecule has 1 amide bonds. The van der Waals surface area contributed by atoms with E-state index in [4.69, 9.17) is 5.73 Å². The molecule has 0 aromatic heterocycles. The molecule has 5 nitrogen and oxygen atoms in total. The first-order valence-electron chi connectivity index (χ1n) is 6.77. The molecule has 1 aliphatic rings. The summed E-state index contributed by atoms with van der Waals surface area (Å²) in [5, 5.41) is 0. The number of hydrogen-bond acceptors (Lipinski definition) is 4. The van der Waals surface area contributed by atoms with Gasteiger partial charge in [0.15, 0.2) is 9.84 Å². The van der Waals surface area contributed by atoms with Gasteiger partial charge in [0.1, 0.15) is 5.75 Å². The molecule has 1 aromatic carbocycles. The first-order valence-corrected chi connectivity index (χ1v) is 8.42. The van der Waals surface area contributed by atoms with E-state index in [9.17, 15) is 13.2 Å². The number of anilines is 1. The van der Waals surface area contributed by atoms with Gasteiger partial charge in [-0.05, 0) is 37.8 Å². The van der Waals surface area contributed by atoms with Crippen LogP contribution >= 0.6 is 0 Å². The van der Waals surface area contributed by atoms with Crippen LogP contribution in [0.2, 0.25) is 0 Å². The number of sulfone groups is 1. The Labute approximate surface area is 119 Å². The number of carbonyl (C=O) groups is 1. The molecule has 1 saturated heterocycles. The quantitative estimate of drug-likeness (QED) is 0.854. The minimum atomic E-state index is -3.68. The smallest absolute Gasteiger partial charge is 0.238 e. The zero-order valence-corrected chi connectivity index (χ0v) is 12.4. The van der Waals surface area contributed by atoms with Gasteiger partial charge in [-0.25, -0.2) is 8.42 Å². The maximum atomic E-state index is 12.3. The molecular weight excluding hydrogens is 276 g/mol. The van der Waals surface area contributed by atoms with Crippen molar-refractivity contribution in [1.82, 2.24) is 4.90 Å². The van der Waals surface area contributed by atoms with E-state index in [1.165, 1.54) is 6.07 Å². The second-order valence-electron chi connectivity index (χ2n) is 5.19. The molecule has 0 radical (unpaired) electrons. The van der Waals surface area contributed by atoms with E-state index in [0.29, 0.717) is 18.7 Å². The topological polar surface area (TPSA) is 80.5 Å². The normalized spacial score (nSPS) is 16.1. The summed E-state index contributed by atoms with van der Waals surface area (Å²) < 4.78 is 24.7. The maximum Gasteiger partial charge on any atom is 0.238 e. The fourth-order valence-corrected chi connectivity index (χ4v) is 3.84. The number of para-hydroxylation sites is 1. The average Bonchev–Trinajstić information content (AvgIpc) is 2.42. The molecule has 0 saturated carbocycles. The van der Waals surface area contributed by atoms with E-state index < -0.39 is 15.6 Å². The minimum Gasteiger partial charge on any atom is -0.397 e. The highest BCUT2D eigenvalue weighted by atomic mass is 32.2. The molecule has 1 fully saturated rings. The average molecular weight is 296 g/mol. The number of nitrogens with two attached hydrogens (primary N) is 1. The molecule has 20 heavy (non-hydrogen) atoms. The van der Waals surface area contributed by atoms with E-state index in [0.717, 1.165) is 19.3 Å². The Morgan fingerprint density at radius 2 is 1.90 bits per heavy atom. The zero-order chi connectivity index (χ0) is 14.8. The zero-order valence-electron chi connectivity index (χ0n) is 11.6. The molecule has 110 valence electrons. The van der Waals surface area contributed by atoms with Gasteiger partial charge in [-0.1, -0.05) is 12.1 Å². The van der Waals surface area contributed by atoms with Gasteiger partial charge < -0.3 is 10.6 Å². The first-order chi connectivity index (χ1) is 9.42. The summed E-state index contributed by atoms with van der Waals surface area (Å²) in [5.41, 5.74) is 6.76. The lowest BCUT2D eigenvalue weighted by Gasteiger charge is -2.26. The second-order valence-corrected chi connectivity index (χ2v) is 7.15. The lowest BCUT2D eigenvalue weighted by molar-refractivity contribution is -0.129. The van der Waals surface area contributed by atoms with Gasteiger partial charge in [0, 0.05) is 13.1 Å². The number of nitrogen functional groups attached to an aromatic ring is 1. The Kier molecular flexibility index (Phi) is 4.32. The number of piperidine rings is 1. The number of benzene rings is 1. The summed E-state index contributed by atoms with van der Waals surface area (Å²) in [6.45, 7) is 3.05. The van der Waals surface area contributed by atoms with Crippen molar-refractivity contribution in [3.8, 4) is 0 Å². The molecule has 1 aromatic rings. The molecule has 6 heteroatoms. The Morgan fingerprint density at radius 1 is 1.25 bits per heavy atom. The van der Waals surface area contributed by atoms with E-state index in [1.807, 2.05) is 0 Å². The predicted octanol–water partition coefficient (Wildman–Crippen LogP) is 1.36. The Bertz CT molecular complexity index is 605. The van der Waals surface area contributed by atoms with Crippen LogP contribution in [-0.4, -0.2) is 38.1 Å². The highest BCUT2D eigenvalue weighted by molar-refractivity contribution is 7.92. The molecule has 1 heterocycles. The van der Waals surface area contributed by atoms with E-state index in [-0.39, 0.29) is 16.5 Å². The molecule has 0 aliphatic carbocycles. The van der Waals surface area contributed by atoms with Gasteiger partial charge in [-0.3, -0.25) is 4.79 Å². The molecule has 0 unspecified atom stereocenters. The summed E-state index contributed by atoms with van der Waals surface area (Å²) in [6, 6.07) is 4.85. The number of amides is 1. The highest BCUT2D eigenvalue weighted by Crippen LogP contribution is 2.23. The van der Waals surface area contributed by atoms with Crippen LogP contribution < -0.4 is 5.73 Å². The Morgan fingerprint density at radius 3 is 2.55 bits per heavy atom. The molecule has 2 N–H and O–H groups in total. The van der Waals surface area contributed by atoms with Crippen molar-refractivity contribution in [1.29, 1.82) is 0 Å². The molecule has 0 atom stereocenters. The number of carbonyl (C=O) groups excluding carboxylic acids is 1. The van der Waals surface area contributed by atoms with Crippen molar-refractivity contribution < 1.29 is 13.2 Å². The lowest BCUT2D eigenvalue weighted by Crippen LogP contribution is -2.39. The number of hydrogen-bond donors (Lipinski definition) is 1. The van der Waals surface area contributed by atoms with Crippen LogP contribution in [0.25, 0.3) is 0 Å². The standard InChI is InChI=1S/C14H20N2O3S/c1-11-6-5-7-12(14(11)15)20(18,19)10-13(17)16-8-3-2-4-9-16/h5-7H,2-4,8-10,15H2,1H3. The number of rotatable bonds is 3. The van der Waals surface area contributed by atoms with Crippen LogP contribution in [0.4, 0.5) is 5.69 Å². The van der Waals surface area contributed by atoms with Crippen molar-refractivity contribution in [2.24, 2.45) is 0 Å². The molecular formula is C14H20N2O3S. The van der Waals surface area contributed by atoms with E-state index in [1.54, 1.807) is 24.0 Å². The molecule has 2 rings (SSSR count). The Hall–Kier alpha value is -1.56. The van der Waals surface area contributed by atoms with Gasteiger partial charge >= 0.3 is 0 Å².